The summed E-state index contributed by atoms with van der Waals surface area (Å²) in [6, 6.07) is 6.78. The molecule has 0 aliphatic heterocycles. The summed E-state index contributed by atoms with van der Waals surface area (Å²) in [5.74, 6) is 0. The SMILES string of the molecule is Nc1ccc(Cl)c(S(=O)(=O)Nc2cc(Cl)c(Cl)cc2Cl)c1. The molecule has 0 saturated carbocycles. The van der Waals surface area contributed by atoms with Gasteiger partial charge in [0.15, 0.2) is 0 Å². The van der Waals surface area contributed by atoms with E-state index in [2.05, 4.69) is 4.72 Å². The van der Waals surface area contributed by atoms with E-state index in [0.29, 0.717) is 0 Å². The van der Waals surface area contributed by atoms with Gasteiger partial charge in [-0.2, -0.15) is 0 Å². The number of anilines is 2. The molecule has 0 atom stereocenters. The number of nitrogens with one attached hydrogen (secondary N) is 1. The molecule has 0 amide bonds. The molecule has 4 nitrogen and oxygen atoms in total. The van der Waals surface area contributed by atoms with Crippen LogP contribution in [0.5, 0.6) is 0 Å². The first kappa shape index (κ1) is 16.5. The van der Waals surface area contributed by atoms with Gasteiger partial charge in [-0.25, -0.2) is 8.42 Å². The predicted octanol–water partition coefficient (Wildman–Crippen LogP) is 4.68. The fourth-order valence-corrected chi connectivity index (χ4v) is 3.78. The van der Waals surface area contributed by atoms with E-state index in [1.807, 2.05) is 0 Å². The third kappa shape index (κ3) is 3.67. The van der Waals surface area contributed by atoms with Crippen LogP contribution in [0, 0.1) is 0 Å². The molecule has 0 heterocycles. The summed E-state index contributed by atoms with van der Waals surface area (Å²) in [6.45, 7) is 0. The van der Waals surface area contributed by atoms with Crippen LogP contribution in [-0.2, 0) is 10.0 Å². The average Bonchev–Trinajstić information content (AvgIpc) is 2.38. The quantitative estimate of drug-likeness (QED) is 0.594. The Kier molecular flexibility index (Phi) is 4.80. The van der Waals surface area contributed by atoms with E-state index in [0.717, 1.165) is 0 Å². The van der Waals surface area contributed by atoms with E-state index in [1.54, 1.807) is 0 Å². The first-order valence-electron chi connectivity index (χ1n) is 5.43. The van der Waals surface area contributed by atoms with E-state index in [1.165, 1.54) is 30.3 Å². The smallest absolute Gasteiger partial charge is 0.263 e. The second-order valence-electron chi connectivity index (χ2n) is 4.04. The molecule has 0 aromatic heterocycles. The van der Waals surface area contributed by atoms with Crippen LogP contribution >= 0.6 is 46.4 Å². The third-order valence-electron chi connectivity index (χ3n) is 2.50. The maximum Gasteiger partial charge on any atom is 0.263 e. The summed E-state index contributed by atoms with van der Waals surface area (Å²) in [4.78, 5) is -0.161. The predicted molar refractivity (Wildman–Crippen MR) is 88.1 cm³/mol. The van der Waals surface area contributed by atoms with Gasteiger partial charge < -0.3 is 5.73 Å². The van der Waals surface area contributed by atoms with Crippen LogP contribution in [-0.4, -0.2) is 8.42 Å². The summed E-state index contributed by atoms with van der Waals surface area (Å²) in [5.41, 5.74) is 5.93. The van der Waals surface area contributed by atoms with E-state index in [4.69, 9.17) is 52.1 Å². The molecule has 21 heavy (non-hydrogen) atoms. The van der Waals surface area contributed by atoms with Gasteiger partial charge >= 0.3 is 0 Å². The van der Waals surface area contributed by atoms with Gasteiger partial charge in [-0.1, -0.05) is 46.4 Å². The molecule has 0 saturated heterocycles. The van der Waals surface area contributed by atoms with Gasteiger partial charge in [-0.3, -0.25) is 4.72 Å². The van der Waals surface area contributed by atoms with E-state index in [-0.39, 0.29) is 36.4 Å². The zero-order valence-electron chi connectivity index (χ0n) is 10.2. The van der Waals surface area contributed by atoms with Crippen molar-refractivity contribution in [2.45, 2.75) is 4.90 Å². The molecule has 0 fully saturated rings. The first-order chi connectivity index (χ1) is 9.70. The normalized spacial score (nSPS) is 11.4. The van der Waals surface area contributed by atoms with Crippen LogP contribution in [0.3, 0.4) is 0 Å². The Hall–Kier alpha value is -0.850. The minimum Gasteiger partial charge on any atom is -0.399 e. The summed E-state index contributed by atoms with van der Waals surface area (Å²) in [6.07, 6.45) is 0. The zero-order chi connectivity index (χ0) is 15.8. The van der Waals surface area contributed by atoms with Crippen LogP contribution in [0.4, 0.5) is 11.4 Å². The number of nitrogens with two attached hydrogens (primary N) is 1. The number of nitrogen functional groups attached to an aromatic ring is 1. The van der Waals surface area contributed by atoms with Crippen molar-refractivity contribution >= 4 is 67.8 Å². The average molecular weight is 386 g/mol. The Morgan fingerprint density at radius 3 is 2.14 bits per heavy atom. The van der Waals surface area contributed by atoms with Gasteiger partial charge in [0.2, 0.25) is 0 Å². The fourth-order valence-electron chi connectivity index (χ4n) is 1.53. The Morgan fingerprint density at radius 2 is 1.48 bits per heavy atom. The second kappa shape index (κ2) is 6.10. The van der Waals surface area contributed by atoms with Crippen molar-refractivity contribution in [2.24, 2.45) is 0 Å². The largest absolute Gasteiger partial charge is 0.399 e. The molecule has 2 aromatic carbocycles. The molecule has 3 N–H and O–H groups in total. The molecule has 9 heteroatoms. The zero-order valence-corrected chi connectivity index (χ0v) is 14.0. The van der Waals surface area contributed by atoms with Crippen molar-refractivity contribution in [3.63, 3.8) is 0 Å². The number of halogens is 4. The Balaban J connectivity index is 2.47. The third-order valence-corrected chi connectivity index (χ3v) is 5.38. The lowest BCUT2D eigenvalue weighted by Crippen LogP contribution is -2.14. The maximum atomic E-state index is 12.3. The summed E-state index contributed by atoms with van der Waals surface area (Å²) >= 11 is 23.5. The van der Waals surface area contributed by atoms with Gasteiger partial charge in [0.1, 0.15) is 4.90 Å². The highest BCUT2D eigenvalue weighted by molar-refractivity contribution is 7.92. The minimum absolute atomic E-state index is 0.0351. The summed E-state index contributed by atoms with van der Waals surface area (Å²) in [5, 5.41) is 0.518. The maximum absolute atomic E-state index is 12.3. The Bertz CT molecular complexity index is 809. The van der Waals surface area contributed by atoms with Crippen molar-refractivity contribution in [3.05, 3.63) is 50.4 Å². The molecule has 112 valence electrons. The molecule has 2 rings (SSSR count). The van der Waals surface area contributed by atoms with Gasteiger partial charge in [0.25, 0.3) is 10.0 Å². The second-order valence-corrected chi connectivity index (χ2v) is 7.32. The van der Waals surface area contributed by atoms with Crippen LogP contribution in [0.2, 0.25) is 20.1 Å². The Morgan fingerprint density at radius 1 is 0.857 bits per heavy atom. The molecule has 0 unspecified atom stereocenters. The van der Waals surface area contributed by atoms with Gasteiger partial charge in [0, 0.05) is 5.69 Å². The van der Waals surface area contributed by atoms with Crippen LogP contribution < -0.4 is 10.5 Å². The summed E-state index contributed by atoms with van der Waals surface area (Å²) < 4.78 is 27.0. The minimum atomic E-state index is -3.97. The molecule has 0 radical (unpaired) electrons. The van der Waals surface area contributed by atoms with E-state index < -0.39 is 10.0 Å². The Labute approximate surface area is 141 Å². The number of hydrogen-bond donors (Lipinski definition) is 2. The first-order valence-corrected chi connectivity index (χ1v) is 8.42. The molecular weight excluding hydrogens is 378 g/mol. The highest BCUT2D eigenvalue weighted by Gasteiger charge is 2.20. The standard InChI is InChI=1S/C12H8Cl4N2O2S/c13-7-2-1-6(17)3-12(7)21(19,20)18-11-5-9(15)8(14)4-10(11)16/h1-5,18H,17H2. The number of rotatable bonds is 3. The van der Waals surface area contributed by atoms with Crippen molar-refractivity contribution < 1.29 is 8.42 Å². The van der Waals surface area contributed by atoms with Crippen LogP contribution in [0.1, 0.15) is 0 Å². The monoisotopic (exact) mass is 384 g/mol. The lowest BCUT2D eigenvalue weighted by atomic mass is 10.3. The summed E-state index contributed by atoms with van der Waals surface area (Å²) in [7, 11) is -3.97. The lowest BCUT2D eigenvalue weighted by molar-refractivity contribution is 0.601. The molecule has 0 aliphatic rings. The highest BCUT2D eigenvalue weighted by atomic mass is 35.5. The van der Waals surface area contributed by atoms with Crippen molar-refractivity contribution in [3.8, 4) is 0 Å². The van der Waals surface area contributed by atoms with E-state index >= 15 is 0 Å². The van der Waals surface area contributed by atoms with Crippen LogP contribution in [0.15, 0.2) is 35.2 Å². The fraction of sp³-hybridized carbons (Fsp3) is 0. The molecule has 2 aromatic rings. The van der Waals surface area contributed by atoms with Crippen molar-refractivity contribution in [2.75, 3.05) is 10.5 Å². The van der Waals surface area contributed by atoms with Crippen molar-refractivity contribution in [1.82, 2.24) is 0 Å². The molecule has 0 spiro atoms. The molecule has 0 bridgehead atoms. The van der Waals surface area contributed by atoms with Crippen LogP contribution in [0.25, 0.3) is 0 Å². The van der Waals surface area contributed by atoms with E-state index in [9.17, 15) is 8.42 Å². The van der Waals surface area contributed by atoms with Gasteiger partial charge in [0.05, 0.1) is 25.8 Å². The number of benzene rings is 2. The van der Waals surface area contributed by atoms with Gasteiger partial charge in [-0.15, -0.1) is 0 Å². The van der Waals surface area contributed by atoms with Gasteiger partial charge in [-0.05, 0) is 30.3 Å². The molecular formula is C12H8Cl4N2O2S. The number of hydrogen-bond acceptors (Lipinski definition) is 3. The number of sulfonamides is 1. The lowest BCUT2D eigenvalue weighted by Gasteiger charge is -2.12. The van der Waals surface area contributed by atoms with Crippen molar-refractivity contribution in [1.29, 1.82) is 0 Å². The topological polar surface area (TPSA) is 72.2 Å². The molecule has 0 aliphatic carbocycles. The highest BCUT2D eigenvalue weighted by Crippen LogP contribution is 2.34.